The molecule has 0 unspecified atom stereocenters. The lowest BCUT2D eigenvalue weighted by molar-refractivity contribution is 0.0817. The maximum atomic E-state index is 12.3. The second-order valence-corrected chi connectivity index (χ2v) is 42.6. The molecule has 0 saturated heterocycles. The topological polar surface area (TPSA) is 557 Å². The Morgan fingerprint density at radius 1 is 0.336 bits per heavy atom. The highest BCUT2D eigenvalue weighted by atomic mass is 32.1. The second-order valence-electron chi connectivity index (χ2n) is 40.0. The van der Waals surface area contributed by atoms with Crippen LogP contribution in [0.4, 0.5) is 86.6 Å². The first kappa shape index (κ1) is 113. The number of phenols is 5. The van der Waals surface area contributed by atoms with E-state index in [2.05, 4.69) is 240 Å². The standard InChI is InChI=1S/C23H31N5O4.C21H27N5O4.C21H27N5O3S.C20H25N5O4.C19H23N5O3S/c1-13(2)14-11-17(31-12-14)19(23(3,4)5)25-21-20(26-32-27-21)24-16-10-8-9-15(18(16)29)22(30)28(6)7;1-12-10-11-15(29-12)17(21(2,3)4)23-19-18(24-30-25-19)22-14-9-7-8-13(16(14)27)20(28)26(5)6;1-12-10-11-15(30-12)17(21(2,3)4)23-19-18(24-29-25-19)22-14-9-7-8-13(16(14)27)20(28)26(5)6;1-11(2)16(15-10-9-12(3)28-15)22-19-18(23-29-24-19)21-14-8-6-7-13(17(14)26)20(27)25(4)5;1-5-13(15-10-9-11(2)28-15)20-17-18(23-27-22-17)21-14-8-6-7-12(16(14)25)19(26)24(3)4/h8-13,19,29H,1-7H3,(H,24,26)(H,25,27);2*7-11,17,27H,1-6H3,(H,22,24)(H,23,25);6-11,16,26H,1-5H3,(H,21,23)(H,22,24);6-10,13,25H,5H2,1-4H3,(H,20,22)(H,21,23)/t19-;2*17-;16-;13-/m00011/s1. The molecule has 5 atom stereocenters. The molecular weight excluding hydrogens is 1950 g/mol. The summed E-state index contributed by atoms with van der Waals surface area (Å²) < 4.78 is 42.0. The van der Waals surface area contributed by atoms with Crippen molar-refractivity contribution in [1.82, 2.24) is 76.1 Å². The van der Waals surface area contributed by atoms with Crippen molar-refractivity contribution in [3.8, 4) is 28.7 Å². The number of nitrogens with one attached hydrogen (secondary N) is 10. The van der Waals surface area contributed by atoms with E-state index in [9.17, 15) is 49.5 Å². The third-order valence-electron chi connectivity index (χ3n) is 23.0. The number of carbonyl (C=O) groups excluding carboxylic acids is 5. The first-order valence-electron chi connectivity index (χ1n) is 47.6. The fourth-order valence-corrected chi connectivity index (χ4v) is 17.0. The monoisotopic (exact) mass is 2080 g/mol. The second kappa shape index (κ2) is 49.1. The van der Waals surface area contributed by atoms with Crippen LogP contribution in [0.15, 0.2) is 188 Å². The number of hydrogen-bond acceptors (Lipinski definition) is 40. The fourth-order valence-electron chi connectivity index (χ4n) is 14.9. The predicted octanol–water partition coefficient (Wildman–Crippen LogP) is 22.3. The van der Waals surface area contributed by atoms with Crippen molar-refractivity contribution < 1.29 is 85.9 Å². The zero-order valence-electron chi connectivity index (χ0n) is 88.8. The van der Waals surface area contributed by atoms with Crippen LogP contribution in [0.5, 0.6) is 28.7 Å². The summed E-state index contributed by atoms with van der Waals surface area (Å²) in [5.41, 5.74) is 3.10. The molecule has 0 spiro atoms. The van der Waals surface area contributed by atoms with Crippen LogP contribution in [-0.2, 0) is 0 Å². The smallest absolute Gasteiger partial charge is 0.257 e. The van der Waals surface area contributed by atoms with E-state index in [-0.39, 0.29) is 156 Å². The summed E-state index contributed by atoms with van der Waals surface area (Å²) in [5, 5.41) is 124. The van der Waals surface area contributed by atoms with Crippen molar-refractivity contribution in [2.45, 2.75) is 167 Å². The Hall–Kier alpha value is -16.6. The average Bonchev–Trinajstić information content (AvgIpc) is 1.64. The molecule has 0 fully saturated rings. The molecule has 5 amide bonds. The van der Waals surface area contributed by atoms with Gasteiger partial charge in [0.05, 0.1) is 92.7 Å². The number of amides is 5. The summed E-state index contributed by atoms with van der Waals surface area (Å²) in [6.45, 7) is 37.2. The van der Waals surface area contributed by atoms with E-state index in [4.69, 9.17) is 36.4 Å². The molecule has 15 N–H and O–H groups in total. The number of para-hydroxylation sites is 5. The van der Waals surface area contributed by atoms with E-state index in [1.807, 2.05) is 44.2 Å². The Morgan fingerprint density at radius 3 is 0.866 bits per heavy atom. The minimum absolute atomic E-state index is 0.0288. The van der Waals surface area contributed by atoms with Crippen LogP contribution in [0, 0.1) is 49.9 Å². The van der Waals surface area contributed by atoms with Crippen LogP contribution in [0.2, 0.25) is 0 Å². The number of aromatic nitrogens is 10. The fraction of sp³-hybridized carbons (Fsp3) is 0.375. The van der Waals surface area contributed by atoms with Crippen LogP contribution in [-0.4, -0.2) is 202 Å². The normalized spacial score (nSPS) is 12.3. The number of benzene rings is 5. The van der Waals surface area contributed by atoms with E-state index < -0.39 is 0 Å². The van der Waals surface area contributed by atoms with Gasteiger partial charge in [0.1, 0.15) is 28.8 Å². The predicted molar refractivity (Wildman–Crippen MR) is 572 cm³/mol. The van der Waals surface area contributed by atoms with E-state index in [1.165, 1.54) is 44.0 Å². The molecule has 149 heavy (non-hydrogen) atoms. The van der Waals surface area contributed by atoms with Crippen molar-refractivity contribution in [1.29, 1.82) is 0 Å². The third kappa shape index (κ3) is 28.8. The van der Waals surface area contributed by atoms with Crippen molar-refractivity contribution >= 4 is 139 Å². The summed E-state index contributed by atoms with van der Waals surface area (Å²) in [6, 6.07) is 41.9. The van der Waals surface area contributed by atoms with E-state index in [0.29, 0.717) is 75.1 Å². The first-order valence-corrected chi connectivity index (χ1v) is 49.3. The lowest BCUT2D eigenvalue weighted by Gasteiger charge is -2.30. The number of hydrogen-bond donors (Lipinski definition) is 15. The molecule has 15 rings (SSSR count). The molecule has 0 radical (unpaired) electrons. The zero-order valence-corrected chi connectivity index (χ0v) is 90.4. The molecule has 5 aromatic carbocycles. The van der Waals surface area contributed by atoms with Gasteiger partial charge in [0.2, 0.25) is 58.2 Å². The summed E-state index contributed by atoms with van der Waals surface area (Å²) in [5.74, 6) is 5.50. The Bertz CT molecular complexity index is 6840. The SMILES string of the molecule is CC(C)c1coc([C@H](Nc2nonc2Nc2cccc(C(=O)N(C)C)c2O)C(C)(C)C)c1.CC[C@@H](Nc1nonc1Nc1cccc(C(=O)N(C)C)c1O)c1ccc(C)s1.Cc1ccc([C@H](Nc2nonc2Nc2cccc(C(=O)N(C)C)c2O)C(C)(C)C)o1.Cc1ccc([C@H](Nc2nonc2Nc2cccc(C(=O)N(C)C)c2O)C(C)(C)C)s1.Cc1ccc([C@H](Nc2nonc2Nc2cccc(C(=O)N(C)C)c2O)C(C)C)o1. The van der Waals surface area contributed by atoms with Gasteiger partial charge >= 0.3 is 0 Å². The Balaban J connectivity index is 0.000000177. The Morgan fingerprint density at radius 2 is 0.611 bits per heavy atom. The molecule has 794 valence electrons. The summed E-state index contributed by atoms with van der Waals surface area (Å²) >= 11 is 3.44. The summed E-state index contributed by atoms with van der Waals surface area (Å²) in [6.07, 6.45) is 2.62. The number of anilines is 15. The van der Waals surface area contributed by atoms with Gasteiger partial charge in [0.15, 0.2) is 28.7 Å². The van der Waals surface area contributed by atoms with Crippen molar-refractivity contribution in [3.05, 3.63) is 234 Å². The van der Waals surface area contributed by atoms with Crippen LogP contribution in [0.25, 0.3) is 0 Å². The van der Waals surface area contributed by atoms with Crippen molar-refractivity contribution in [2.75, 3.05) is 124 Å². The largest absolute Gasteiger partial charge is 0.505 e. The number of aryl methyl sites for hydroxylation is 4. The average molecular weight is 2090 g/mol. The van der Waals surface area contributed by atoms with Gasteiger partial charge < -0.3 is 116 Å². The molecule has 0 aliphatic heterocycles. The highest BCUT2D eigenvalue weighted by Crippen LogP contribution is 2.47. The molecule has 0 aliphatic rings. The number of aromatic hydroxyl groups is 5. The number of thiophene rings is 2. The van der Waals surface area contributed by atoms with Gasteiger partial charge in [0, 0.05) is 90.0 Å². The highest BCUT2D eigenvalue weighted by molar-refractivity contribution is 7.12. The highest BCUT2D eigenvalue weighted by Gasteiger charge is 2.37. The molecule has 0 saturated carbocycles. The molecule has 0 aliphatic carbocycles. The number of rotatable bonds is 33. The Labute approximate surface area is 871 Å². The number of nitrogens with zero attached hydrogens (tertiary/aromatic N) is 15. The molecule has 0 bridgehead atoms. The lowest BCUT2D eigenvalue weighted by atomic mass is 9.85. The number of carbonyl (C=O) groups is 5. The van der Waals surface area contributed by atoms with Gasteiger partial charge in [-0.3, -0.25) is 24.0 Å². The van der Waals surface area contributed by atoms with Gasteiger partial charge in [-0.15, -0.1) is 22.7 Å². The van der Waals surface area contributed by atoms with Crippen molar-refractivity contribution in [3.63, 3.8) is 0 Å². The minimum atomic E-state index is -0.311. The van der Waals surface area contributed by atoms with E-state index in [1.54, 1.807) is 190 Å². The minimum Gasteiger partial charge on any atom is -0.505 e. The van der Waals surface area contributed by atoms with E-state index in [0.717, 1.165) is 40.8 Å². The van der Waals surface area contributed by atoms with Gasteiger partial charge in [-0.05, 0) is 235 Å². The van der Waals surface area contributed by atoms with Gasteiger partial charge in [-0.25, -0.2) is 23.1 Å². The zero-order chi connectivity index (χ0) is 109. The van der Waals surface area contributed by atoms with Gasteiger partial charge in [-0.1, -0.05) is 127 Å². The number of furan rings is 3. The molecule has 15 aromatic rings. The van der Waals surface area contributed by atoms with Gasteiger partial charge in [-0.2, -0.15) is 0 Å². The maximum Gasteiger partial charge on any atom is 0.257 e. The van der Waals surface area contributed by atoms with E-state index >= 15 is 0 Å². The van der Waals surface area contributed by atoms with Crippen LogP contribution < -0.4 is 53.2 Å². The molecule has 43 nitrogen and oxygen atoms in total. The quantitative estimate of drug-likeness (QED) is 0.0170. The molecule has 10 heterocycles. The summed E-state index contributed by atoms with van der Waals surface area (Å²) in [4.78, 5) is 73.1. The first-order chi connectivity index (χ1) is 70.3. The van der Waals surface area contributed by atoms with Crippen LogP contribution in [0.3, 0.4) is 0 Å². The third-order valence-corrected chi connectivity index (χ3v) is 25.2. The molecule has 10 aromatic heterocycles. The Kier molecular flexibility index (Phi) is 37.1. The van der Waals surface area contributed by atoms with Crippen molar-refractivity contribution in [2.24, 2.45) is 22.2 Å². The molecule has 45 heteroatoms. The van der Waals surface area contributed by atoms with Crippen LogP contribution in [0.1, 0.15) is 245 Å². The van der Waals surface area contributed by atoms with Crippen LogP contribution >= 0.6 is 22.7 Å². The lowest BCUT2D eigenvalue weighted by Crippen LogP contribution is -2.26. The maximum absolute atomic E-state index is 12.3. The molecular formula is C104H133N25O18S2. The van der Waals surface area contributed by atoms with Gasteiger partial charge in [0.25, 0.3) is 29.5 Å². The summed E-state index contributed by atoms with van der Waals surface area (Å²) in [7, 11) is 16.2. The number of phenolic OH excluding ortho intramolecular Hbond substituents is 5.